The van der Waals surface area contributed by atoms with Gasteiger partial charge in [0.05, 0.1) is 25.9 Å². The number of hydrogen-bond donors (Lipinski definition) is 1. The number of anilines is 1. The molecule has 0 amide bonds. The molecule has 0 atom stereocenters. The van der Waals surface area contributed by atoms with Crippen molar-refractivity contribution in [1.29, 1.82) is 0 Å². The van der Waals surface area contributed by atoms with Gasteiger partial charge in [-0.1, -0.05) is 23.2 Å². The lowest BCUT2D eigenvalue weighted by molar-refractivity contribution is 0.601. The monoisotopic (exact) mass is 386 g/mol. The van der Waals surface area contributed by atoms with E-state index in [9.17, 15) is 8.42 Å². The minimum Gasteiger partial charge on any atom is -0.280 e. The van der Waals surface area contributed by atoms with Gasteiger partial charge in [0.15, 0.2) is 0 Å². The SMILES string of the molecule is Cc1nc2cc(NS(=O)(=O)c3cc(C)c(Cl)cc3Cl)ccc2s1. The van der Waals surface area contributed by atoms with Crippen LogP contribution < -0.4 is 4.72 Å². The summed E-state index contributed by atoms with van der Waals surface area (Å²) in [7, 11) is -3.81. The second kappa shape index (κ2) is 5.94. The largest absolute Gasteiger partial charge is 0.280 e. The minimum absolute atomic E-state index is 0.00405. The zero-order valence-corrected chi connectivity index (χ0v) is 15.4. The quantitative estimate of drug-likeness (QED) is 0.687. The van der Waals surface area contributed by atoms with Crippen LogP contribution in [-0.2, 0) is 10.0 Å². The number of sulfonamides is 1. The summed E-state index contributed by atoms with van der Waals surface area (Å²) in [6.45, 7) is 3.63. The van der Waals surface area contributed by atoms with Crippen LogP contribution in [0, 0.1) is 13.8 Å². The molecule has 4 nitrogen and oxygen atoms in total. The third kappa shape index (κ3) is 3.30. The van der Waals surface area contributed by atoms with Crippen molar-refractivity contribution in [1.82, 2.24) is 4.98 Å². The first-order chi connectivity index (χ1) is 10.8. The number of rotatable bonds is 3. The molecule has 0 saturated heterocycles. The highest BCUT2D eigenvalue weighted by Gasteiger charge is 2.20. The summed E-state index contributed by atoms with van der Waals surface area (Å²) >= 11 is 13.6. The molecule has 0 unspecified atom stereocenters. The predicted molar refractivity (Wildman–Crippen MR) is 96.4 cm³/mol. The lowest BCUT2D eigenvalue weighted by atomic mass is 10.2. The average molecular weight is 387 g/mol. The molecule has 0 spiro atoms. The van der Waals surface area contributed by atoms with Crippen LogP contribution in [0.5, 0.6) is 0 Å². The third-order valence-corrected chi connectivity index (χ3v) is 6.45. The van der Waals surface area contributed by atoms with Gasteiger partial charge in [-0.15, -0.1) is 11.3 Å². The normalized spacial score (nSPS) is 11.8. The molecule has 0 radical (unpaired) electrons. The van der Waals surface area contributed by atoms with E-state index in [0.29, 0.717) is 16.3 Å². The predicted octanol–water partition coefficient (Wildman–Crippen LogP) is 5.02. The van der Waals surface area contributed by atoms with Crippen LogP contribution in [0.2, 0.25) is 10.0 Å². The topological polar surface area (TPSA) is 59.1 Å². The molecule has 0 aliphatic carbocycles. The van der Waals surface area contributed by atoms with E-state index in [1.807, 2.05) is 13.0 Å². The number of aromatic nitrogens is 1. The fraction of sp³-hybridized carbons (Fsp3) is 0.133. The van der Waals surface area contributed by atoms with Gasteiger partial charge in [-0.2, -0.15) is 0 Å². The molecule has 0 bridgehead atoms. The maximum absolute atomic E-state index is 12.6. The molecule has 2 aromatic carbocycles. The molecule has 3 aromatic rings. The van der Waals surface area contributed by atoms with Gasteiger partial charge in [0.2, 0.25) is 0 Å². The minimum atomic E-state index is -3.81. The summed E-state index contributed by atoms with van der Waals surface area (Å²) in [4.78, 5) is 4.36. The van der Waals surface area contributed by atoms with Crippen molar-refractivity contribution < 1.29 is 8.42 Å². The van der Waals surface area contributed by atoms with E-state index in [4.69, 9.17) is 23.2 Å². The number of aryl methyl sites for hydroxylation is 2. The third-order valence-electron chi connectivity index (χ3n) is 3.25. The summed E-state index contributed by atoms with van der Waals surface area (Å²) < 4.78 is 28.7. The Hall–Kier alpha value is -1.34. The zero-order chi connectivity index (χ0) is 16.8. The van der Waals surface area contributed by atoms with Gasteiger partial charge >= 0.3 is 0 Å². The number of fused-ring (bicyclic) bond motifs is 1. The standard InChI is InChI=1S/C15H12Cl2N2O2S2/c1-8-5-15(12(17)7-11(8)16)23(20,21)19-10-3-4-14-13(6-10)18-9(2)22-14/h3-7,19H,1-2H3. The van der Waals surface area contributed by atoms with E-state index in [1.54, 1.807) is 30.4 Å². The van der Waals surface area contributed by atoms with Crippen molar-refractivity contribution in [2.45, 2.75) is 18.7 Å². The maximum atomic E-state index is 12.6. The summed E-state index contributed by atoms with van der Waals surface area (Å²) in [6, 6.07) is 8.13. The number of nitrogens with zero attached hydrogens (tertiary/aromatic N) is 1. The van der Waals surface area contributed by atoms with Crippen LogP contribution in [0.25, 0.3) is 10.2 Å². The molecule has 1 aromatic heterocycles. The molecule has 0 aliphatic heterocycles. The first-order valence-electron chi connectivity index (χ1n) is 6.62. The number of hydrogen-bond acceptors (Lipinski definition) is 4. The average Bonchev–Trinajstić information content (AvgIpc) is 2.81. The first-order valence-corrected chi connectivity index (χ1v) is 9.67. The van der Waals surface area contributed by atoms with Crippen molar-refractivity contribution in [2.75, 3.05) is 4.72 Å². The smallest absolute Gasteiger partial charge is 0.263 e. The highest BCUT2D eigenvalue weighted by atomic mass is 35.5. The molecule has 1 N–H and O–H groups in total. The van der Waals surface area contributed by atoms with Gasteiger partial charge < -0.3 is 0 Å². The number of halogens is 2. The summed E-state index contributed by atoms with van der Waals surface area (Å²) in [6.07, 6.45) is 0. The van der Waals surface area contributed by atoms with E-state index >= 15 is 0 Å². The lowest BCUT2D eigenvalue weighted by Crippen LogP contribution is -2.13. The Morgan fingerprint density at radius 1 is 1.09 bits per heavy atom. The molecular formula is C15H12Cl2N2O2S2. The van der Waals surface area contributed by atoms with Crippen LogP contribution in [0.4, 0.5) is 5.69 Å². The van der Waals surface area contributed by atoms with Crippen LogP contribution >= 0.6 is 34.5 Å². The van der Waals surface area contributed by atoms with Crippen LogP contribution in [-0.4, -0.2) is 13.4 Å². The second-order valence-electron chi connectivity index (χ2n) is 5.05. The highest BCUT2D eigenvalue weighted by Crippen LogP contribution is 2.30. The Morgan fingerprint density at radius 3 is 2.57 bits per heavy atom. The summed E-state index contributed by atoms with van der Waals surface area (Å²) in [5.74, 6) is 0. The van der Waals surface area contributed by atoms with Gasteiger partial charge in [-0.05, 0) is 49.7 Å². The van der Waals surface area contributed by atoms with Crippen molar-refractivity contribution in [2.24, 2.45) is 0 Å². The Labute approximate surface area is 148 Å². The van der Waals surface area contributed by atoms with Crippen molar-refractivity contribution in [3.8, 4) is 0 Å². The van der Waals surface area contributed by atoms with Gasteiger partial charge in [0.25, 0.3) is 10.0 Å². The molecule has 1 heterocycles. The van der Waals surface area contributed by atoms with Crippen LogP contribution in [0.15, 0.2) is 35.2 Å². The maximum Gasteiger partial charge on any atom is 0.263 e. The van der Waals surface area contributed by atoms with E-state index in [2.05, 4.69) is 9.71 Å². The lowest BCUT2D eigenvalue weighted by Gasteiger charge is -2.11. The van der Waals surface area contributed by atoms with Gasteiger partial charge in [-0.3, -0.25) is 4.72 Å². The number of nitrogens with one attached hydrogen (secondary N) is 1. The van der Waals surface area contributed by atoms with Crippen molar-refractivity contribution in [3.05, 3.63) is 50.9 Å². The van der Waals surface area contributed by atoms with E-state index in [-0.39, 0.29) is 9.92 Å². The molecule has 23 heavy (non-hydrogen) atoms. The van der Waals surface area contributed by atoms with E-state index < -0.39 is 10.0 Å². The van der Waals surface area contributed by atoms with Crippen molar-refractivity contribution in [3.63, 3.8) is 0 Å². The molecule has 0 fully saturated rings. The molecule has 8 heteroatoms. The fourth-order valence-electron chi connectivity index (χ4n) is 2.15. The van der Waals surface area contributed by atoms with Gasteiger partial charge in [-0.25, -0.2) is 13.4 Å². The van der Waals surface area contributed by atoms with Crippen molar-refractivity contribution >= 4 is 60.5 Å². The Kier molecular flexibility index (Phi) is 4.27. The van der Waals surface area contributed by atoms with E-state index in [0.717, 1.165) is 15.2 Å². The number of thiazole rings is 1. The summed E-state index contributed by atoms with van der Waals surface area (Å²) in [5, 5.41) is 1.43. The Bertz CT molecular complexity index is 1010. The second-order valence-corrected chi connectivity index (χ2v) is 8.75. The molecular weight excluding hydrogens is 375 g/mol. The zero-order valence-electron chi connectivity index (χ0n) is 12.2. The molecule has 0 aliphatic rings. The summed E-state index contributed by atoms with van der Waals surface area (Å²) in [5.41, 5.74) is 1.83. The highest BCUT2D eigenvalue weighted by molar-refractivity contribution is 7.92. The molecule has 3 rings (SSSR count). The Balaban J connectivity index is 2.01. The molecule has 120 valence electrons. The Morgan fingerprint density at radius 2 is 1.83 bits per heavy atom. The van der Waals surface area contributed by atoms with Crippen LogP contribution in [0.3, 0.4) is 0 Å². The van der Waals surface area contributed by atoms with Crippen LogP contribution in [0.1, 0.15) is 10.6 Å². The fourth-order valence-corrected chi connectivity index (χ4v) is 4.84. The molecule has 0 saturated carbocycles. The van der Waals surface area contributed by atoms with Gasteiger partial charge in [0.1, 0.15) is 4.90 Å². The first kappa shape index (κ1) is 16.5. The van der Waals surface area contributed by atoms with E-state index in [1.165, 1.54) is 12.1 Å². The number of benzene rings is 2. The van der Waals surface area contributed by atoms with Gasteiger partial charge in [0, 0.05) is 5.02 Å².